The molecule has 1 amide bonds. The minimum atomic E-state index is -3.54. The first-order valence-electron chi connectivity index (χ1n) is 11.1. The summed E-state index contributed by atoms with van der Waals surface area (Å²) in [5, 5.41) is 0.422. The van der Waals surface area contributed by atoms with Crippen LogP contribution in [-0.2, 0) is 37.0 Å². The lowest BCUT2D eigenvalue weighted by Gasteiger charge is -2.32. The van der Waals surface area contributed by atoms with Gasteiger partial charge in [-0.25, -0.2) is 25.4 Å². The third kappa shape index (κ3) is 4.87. The number of anilines is 1. The van der Waals surface area contributed by atoms with Crippen LogP contribution in [0.3, 0.4) is 0 Å². The molecule has 0 saturated carbocycles. The second-order valence-electron chi connectivity index (χ2n) is 8.84. The summed E-state index contributed by atoms with van der Waals surface area (Å²) in [4.78, 5) is 15.2. The first-order chi connectivity index (χ1) is 16.0. The molecule has 0 aliphatic carbocycles. The van der Waals surface area contributed by atoms with Gasteiger partial charge >= 0.3 is 0 Å². The summed E-state index contributed by atoms with van der Waals surface area (Å²) in [6.45, 7) is 1.05. The Morgan fingerprint density at radius 2 is 1.71 bits per heavy atom. The molecule has 2 heterocycles. The van der Waals surface area contributed by atoms with E-state index in [2.05, 4.69) is 0 Å². The second kappa shape index (κ2) is 9.58. The third-order valence-corrected chi connectivity index (χ3v) is 10.5. The Bertz CT molecular complexity index is 1300. The minimum Gasteiger partial charge on any atom is -0.312 e. The van der Waals surface area contributed by atoms with Gasteiger partial charge in [-0.2, -0.15) is 0 Å². The van der Waals surface area contributed by atoms with Crippen LogP contribution in [0.1, 0.15) is 24.0 Å². The normalized spacial score (nSPS) is 17.8. The topological polar surface area (TPSA) is 95.1 Å². The Morgan fingerprint density at radius 3 is 2.35 bits per heavy atom. The molecule has 2 aromatic carbocycles. The molecule has 0 radical (unpaired) electrons. The first kappa shape index (κ1) is 25.1. The highest BCUT2D eigenvalue weighted by Crippen LogP contribution is 2.34. The fraction of sp³-hybridized carbons (Fsp3) is 0.435. The van der Waals surface area contributed by atoms with Crippen molar-refractivity contribution in [2.45, 2.75) is 29.9 Å². The molecule has 2 aliphatic heterocycles. The highest BCUT2D eigenvalue weighted by atomic mass is 35.5. The molecule has 0 aromatic heterocycles. The van der Waals surface area contributed by atoms with E-state index >= 15 is 0 Å². The maximum atomic E-state index is 13.3. The van der Waals surface area contributed by atoms with Crippen LogP contribution in [0.4, 0.5) is 5.69 Å². The summed E-state index contributed by atoms with van der Waals surface area (Å²) >= 11 is 6.13. The van der Waals surface area contributed by atoms with E-state index in [0.29, 0.717) is 36.4 Å². The molecular formula is C23H28ClN3O5S2. The zero-order chi connectivity index (χ0) is 24.7. The van der Waals surface area contributed by atoms with Crippen molar-refractivity contribution < 1.29 is 21.6 Å². The van der Waals surface area contributed by atoms with E-state index in [-0.39, 0.29) is 35.6 Å². The van der Waals surface area contributed by atoms with Crippen LogP contribution in [0.15, 0.2) is 47.4 Å². The molecule has 8 nitrogen and oxygen atoms in total. The van der Waals surface area contributed by atoms with Gasteiger partial charge in [0.2, 0.25) is 26.0 Å². The van der Waals surface area contributed by atoms with Crippen LogP contribution in [0, 0.1) is 5.92 Å². The lowest BCUT2D eigenvalue weighted by molar-refractivity contribution is -0.123. The quantitative estimate of drug-likeness (QED) is 0.578. The summed E-state index contributed by atoms with van der Waals surface area (Å²) in [6, 6.07) is 11.8. The molecule has 0 atom stereocenters. The zero-order valence-electron chi connectivity index (χ0n) is 19.1. The van der Waals surface area contributed by atoms with Gasteiger partial charge in [-0.1, -0.05) is 29.8 Å². The number of fused-ring (bicyclic) bond motifs is 1. The van der Waals surface area contributed by atoms with E-state index in [1.54, 1.807) is 41.3 Å². The van der Waals surface area contributed by atoms with Crippen molar-refractivity contribution in [3.8, 4) is 0 Å². The number of halogens is 1. The van der Waals surface area contributed by atoms with Gasteiger partial charge in [-0.05, 0) is 54.7 Å². The average Bonchev–Trinajstić information content (AvgIpc) is 3.23. The number of benzene rings is 2. The second-order valence-corrected chi connectivity index (χ2v) is 13.4. The number of carbonyl (C=O) groups is 1. The summed E-state index contributed by atoms with van der Waals surface area (Å²) in [5.74, 6) is -0.476. The van der Waals surface area contributed by atoms with Gasteiger partial charge in [-0.15, -0.1) is 0 Å². The largest absolute Gasteiger partial charge is 0.312 e. The predicted molar refractivity (Wildman–Crippen MR) is 132 cm³/mol. The molecule has 0 N–H and O–H groups in total. The number of amides is 1. The van der Waals surface area contributed by atoms with Crippen molar-refractivity contribution >= 4 is 43.2 Å². The van der Waals surface area contributed by atoms with Gasteiger partial charge in [0.1, 0.15) is 0 Å². The van der Waals surface area contributed by atoms with Crippen LogP contribution < -0.4 is 4.90 Å². The van der Waals surface area contributed by atoms with E-state index in [9.17, 15) is 21.6 Å². The van der Waals surface area contributed by atoms with Gasteiger partial charge in [0.05, 0.1) is 10.6 Å². The number of piperidine rings is 1. The van der Waals surface area contributed by atoms with Gasteiger partial charge < -0.3 is 4.90 Å². The van der Waals surface area contributed by atoms with Crippen LogP contribution >= 0.6 is 11.6 Å². The van der Waals surface area contributed by atoms with Crippen molar-refractivity contribution in [2.75, 3.05) is 38.6 Å². The van der Waals surface area contributed by atoms with Gasteiger partial charge in [-0.3, -0.25) is 4.79 Å². The number of carbonyl (C=O) groups excluding carboxylic acids is 1. The molecule has 1 saturated heterocycles. The van der Waals surface area contributed by atoms with Crippen molar-refractivity contribution in [3.05, 3.63) is 58.6 Å². The first-order valence-corrected chi connectivity index (χ1v) is 14.5. The maximum Gasteiger partial charge on any atom is 0.242 e. The average molecular weight is 526 g/mol. The zero-order valence-corrected chi connectivity index (χ0v) is 21.5. The molecule has 34 heavy (non-hydrogen) atoms. The fourth-order valence-corrected chi connectivity index (χ4v) is 7.31. The molecule has 4 rings (SSSR count). The molecule has 0 unspecified atom stereocenters. The van der Waals surface area contributed by atoms with Crippen LogP contribution in [0.5, 0.6) is 0 Å². The summed E-state index contributed by atoms with van der Waals surface area (Å²) < 4.78 is 53.2. The van der Waals surface area contributed by atoms with Gasteiger partial charge in [0.15, 0.2) is 0 Å². The highest BCUT2D eigenvalue weighted by Gasteiger charge is 2.36. The Kier molecular flexibility index (Phi) is 7.08. The van der Waals surface area contributed by atoms with Crippen LogP contribution in [0.2, 0.25) is 5.02 Å². The van der Waals surface area contributed by atoms with Crippen LogP contribution in [0.25, 0.3) is 0 Å². The Labute approximate surface area is 206 Å². The molecule has 1 fully saturated rings. The lowest BCUT2D eigenvalue weighted by atomic mass is 9.96. The third-order valence-electron chi connectivity index (χ3n) is 6.48. The molecule has 2 aromatic rings. The van der Waals surface area contributed by atoms with Gasteiger partial charge in [0, 0.05) is 50.4 Å². The Balaban J connectivity index is 1.42. The van der Waals surface area contributed by atoms with E-state index in [1.807, 2.05) is 0 Å². The maximum absolute atomic E-state index is 13.3. The van der Waals surface area contributed by atoms with Crippen molar-refractivity contribution in [2.24, 2.45) is 5.92 Å². The van der Waals surface area contributed by atoms with Crippen molar-refractivity contribution in [3.63, 3.8) is 0 Å². The number of hydrogen-bond acceptors (Lipinski definition) is 5. The molecular weight excluding hydrogens is 498 g/mol. The van der Waals surface area contributed by atoms with E-state index in [1.165, 1.54) is 28.8 Å². The van der Waals surface area contributed by atoms with Crippen molar-refractivity contribution in [1.82, 2.24) is 8.61 Å². The molecule has 0 spiro atoms. The lowest BCUT2D eigenvalue weighted by Crippen LogP contribution is -2.44. The Morgan fingerprint density at radius 1 is 1.03 bits per heavy atom. The van der Waals surface area contributed by atoms with E-state index in [0.717, 1.165) is 11.3 Å². The van der Waals surface area contributed by atoms with Crippen LogP contribution in [-0.4, -0.2) is 65.1 Å². The number of hydrogen-bond donors (Lipinski definition) is 0. The summed E-state index contributed by atoms with van der Waals surface area (Å²) in [7, 11) is -4.11. The smallest absolute Gasteiger partial charge is 0.242 e. The monoisotopic (exact) mass is 525 g/mol. The standard InChI is InChI=1S/C23H28ClN3O5S2/c1-25(2)34(31,32)20-7-8-22-18(15-20)11-14-27(22)23(28)17-9-12-26(13-10-17)33(29,30)16-19-5-3-4-6-21(19)24/h3-8,15,17H,9-14,16H2,1-2H3. The fourth-order valence-electron chi connectivity index (χ4n) is 4.48. The number of nitrogens with zero attached hydrogens (tertiary/aromatic N) is 3. The van der Waals surface area contributed by atoms with Crippen molar-refractivity contribution in [1.29, 1.82) is 0 Å². The SMILES string of the molecule is CN(C)S(=O)(=O)c1ccc2c(c1)CCN2C(=O)C1CCN(S(=O)(=O)Cc2ccccc2Cl)CC1. The number of sulfonamides is 2. The van der Waals surface area contributed by atoms with Gasteiger partial charge in [0.25, 0.3) is 0 Å². The molecule has 0 bridgehead atoms. The van der Waals surface area contributed by atoms with E-state index < -0.39 is 20.0 Å². The number of rotatable bonds is 6. The Hall–Kier alpha value is -1.98. The van der Waals surface area contributed by atoms with E-state index in [4.69, 9.17) is 11.6 Å². The summed E-state index contributed by atoms with van der Waals surface area (Å²) in [6.07, 6.45) is 1.47. The predicted octanol–water partition coefficient (Wildman–Crippen LogP) is 2.72. The molecule has 2 aliphatic rings. The molecule has 11 heteroatoms. The molecule has 184 valence electrons. The summed E-state index contributed by atoms with van der Waals surface area (Å²) in [5.41, 5.74) is 2.12. The minimum absolute atomic E-state index is 0.0369. The highest BCUT2D eigenvalue weighted by molar-refractivity contribution is 7.89.